The summed E-state index contributed by atoms with van der Waals surface area (Å²) in [7, 11) is -5.81. The molecule has 2 heterocycles. The van der Waals surface area contributed by atoms with Crippen LogP contribution in [0.1, 0.15) is 13.8 Å². The Morgan fingerprint density at radius 2 is 1.12 bits per heavy atom. The first-order valence-electron chi connectivity index (χ1n) is 5.71. The predicted octanol–water partition coefficient (Wildman–Crippen LogP) is 2.49. The highest BCUT2D eigenvalue weighted by Gasteiger charge is 2.47. The maximum absolute atomic E-state index is 11.8. The van der Waals surface area contributed by atoms with Crippen molar-refractivity contribution in [2.45, 2.75) is 13.8 Å². The second kappa shape index (κ2) is 4.76. The molecule has 2 aliphatic heterocycles. The summed E-state index contributed by atoms with van der Waals surface area (Å²) in [5.41, 5.74) is -0.466. The van der Waals surface area contributed by atoms with Gasteiger partial charge in [0.1, 0.15) is 0 Å². The molecule has 17 heavy (non-hydrogen) atoms. The molecule has 6 nitrogen and oxygen atoms in total. The first-order valence-corrected chi connectivity index (χ1v) is 9.17. The minimum atomic E-state index is -2.91. The molecule has 2 saturated heterocycles. The molecule has 0 aromatic carbocycles. The maximum atomic E-state index is 11.8. The molecule has 0 bridgehead atoms. The molecule has 0 unspecified atom stereocenters. The average Bonchev–Trinajstić information content (AvgIpc) is 2.37. The van der Waals surface area contributed by atoms with Gasteiger partial charge >= 0.3 is 15.2 Å². The SMILES string of the molecule is CCP1(=O)OCC2(CO1)COP(=O)(CC)OC2. The lowest BCUT2D eigenvalue weighted by Gasteiger charge is -2.42. The van der Waals surface area contributed by atoms with Crippen LogP contribution in [0.3, 0.4) is 0 Å². The molecule has 0 aromatic rings. The topological polar surface area (TPSA) is 71.1 Å². The monoisotopic (exact) mass is 284 g/mol. The third kappa shape index (κ3) is 2.83. The van der Waals surface area contributed by atoms with Crippen molar-refractivity contribution in [3.8, 4) is 0 Å². The summed E-state index contributed by atoms with van der Waals surface area (Å²) in [6, 6.07) is 0. The van der Waals surface area contributed by atoms with E-state index in [9.17, 15) is 9.13 Å². The Bertz CT molecular complexity index is 318. The second-order valence-electron chi connectivity index (χ2n) is 4.45. The van der Waals surface area contributed by atoms with E-state index in [1.54, 1.807) is 13.8 Å². The summed E-state index contributed by atoms with van der Waals surface area (Å²) in [6.07, 6.45) is 0.719. The molecule has 0 radical (unpaired) electrons. The summed E-state index contributed by atoms with van der Waals surface area (Å²) in [5.74, 6) is 0. The van der Waals surface area contributed by atoms with Gasteiger partial charge in [0.15, 0.2) is 0 Å². The Kier molecular flexibility index (Phi) is 3.85. The van der Waals surface area contributed by atoms with Crippen LogP contribution in [0, 0.1) is 5.41 Å². The van der Waals surface area contributed by atoms with Crippen LogP contribution in [0.25, 0.3) is 0 Å². The molecular formula is C9H18O6P2. The molecule has 0 N–H and O–H groups in total. The van der Waals surface area contributed by atoms with Crippen LogP contribution in [0.15, 0.2) is 0 Å². The molecule has 8 heteroatoms. The lowest BCUT2D eigenvalue weighted by atomic mass is 9.93. The molecule has 0 atom stereocenters. The largest absolute Gasteiger partial charge is 0.330 e. The number of hydrogen-bond donors (Lipinski definition) is 0. The van der Waals surface area contributed by atoms with Gasteiger partial charge < -0.3 is 18.1 Å². The Morgan fingerprint density at radius 3 is 1.35 bits per heavy atom. The Morgan fingerprint density at radius 1 is 0.824 bits per heavy atom. The van der Waals surface area contributed by atoms with Crippen LogP contribution in [0.4, 0.5) is 0 Å². The molecule has 2 aliphatic rings. The van der Waals surface area contributed by atoms with E-state index in [2.05, 4.69) is 0 Å². The normalized spacial score (nSPS) is 47.2. The van der Waals surface area contributed by atoms with Gasteiger partial charge in [-0.15, -0.1) is 0 Å². The molecule has 0 aromatic heterocycles. The summed E-state index contributed by atoms with van der Waals surface area (Å²) >= 11 is 0. The van der Waals surface area contributed by atoms with E-state index in [1.807, 2.05) is 0 Å². The van der Waals surface area contributed by atoms with Gasteiger partial charge in [0, 0.05) is 12.3 Å². The lowest BCUT2D eigenvalue weighted by Crippen LogP contribution is -2.45. The minimum Gasteiger partial charge on any atom is -0.308 e. The van der Waals surface area contributed by atoms with Gasteiger partial charge in [-0.1, -0.05) is 13.8 Å². The van der Waals surface area contributed by atoms with Crippen molar-refractivity contribution in [2.24, 2.45) is 5.41 Å². The quantitative estimate of drug-likeness (QED) is 0.725. The van der Waals surface area contributed by atoms with E-state index in [1.165, 1.54) is 0 Å². The van der Waals surface area contributed by atoms with Gasteiger partial charge in [-0.25, -0.2) is 0 Å². The molecule has 0 aliphatic carbocycles. The van der Waals surface area contributed by atoms with Crippen molar-refractivity contribution in [1.29, 1.82) is 0 Å². The third-order valence-electron chi connectivity index (χ3n) is 3.04. The maximum Gasteiger partial charge on any atom is 0.330 e. The Labute approximate surface area is 101 Å². The van der Waals surface area contributed by atoms with Crippen LogP contribution < -0.4 is 0 Å². The first-order chi connectivity index (χ1) is 7.95. The van der Waals surface area contributed by atoms with E-state index < -0.39 is 20.6 Å². The van der Waals surface area contributed by atoms with Crippen molar-refractivity contribution in [1.82, 2.24) is 0 Å². The van der Waals surface area contributed by atoms with Gasteiger partial charge in [0.25, 0.3) is 0 Å². The highest BCUT2D eigenvalue weighted by molar-refractivity contribution is 7.54. The van der Waals surface area contributed by atoms with Gasteiger partial charge in [0.2, 0.25) is 0 Å². The molecule has 1 spiro atoms. The predicted molar refractivity (Wildman–Crippen MR) is 62.5 cm³/mol. The van der Waals surface area contributed by atoms with Crippen LogP contribution in [0.5, 0.6) is 0 Å². The van der Waals surface area contributed by atoms with Gasteiger partial charge in [-0.3, -0.25) is 9.13 Å². The van der Waals surface area contributed by atoms with Crippen molar-refractivity contribution < 1.29 is 27.2 Å². The Hall–Kier alpha value is 0.300. The first kappa shape index (κ1) is 13.7. The van der Waals surface area contributed by atoms with E-state index in [4.69, 9.17) is 18.1 Å². The van der Waals surface area contributed by atoms with Crippen molar-refractivity contribution in [3.63, 3.8) is 0 Å². The highest BCUT2D eigenvalue weighted by atomic mass is 31.2. The van der Waals surface area contributed by atoms with E-state index in [0.29, 0.717) is 12.3 Å². The third-order valence-corrected chi connectivity index (χ3v) is 6.68. The van der Waals surface area contributed by atoms with Crippen LogP contribution in [0.2, 0.25) is 0 Å². The fourth-order valence-corrected chi connectivity index (χ4v) is 4.39. The molecule has 2 fully saturated rings. The second-order valence-corrected chi connectivity index (χ2v) is 9.19. The molecule has 2 rings (SSSR count). The average molecular weight is 284 g/mol. The highest BCUT2D eigenvalue weighted by Crippen LogP contribution is 2.58. The number of hydrogen-bond acceptors (Lipinski definition) is 6. The zero-order valence-corrected chi connectivity index (χ0v) is 11.9. The summed E-state index contributed by atoms with van der Waals surface area (Å²) in [6.45, 7) is 4.59. The fraction of sp³-hybridized carbons (Fsp3) is 1.00. The summed E-state index contributed by atoms with van der Waals surface area (Å²) < 4.78 is 44.8. The van der Waals surface area contributed by atoms with E-state index >= 15 is 0 Å². The molecule has 0 amide bonds. The standard InChI is InChI=1S/C9H18O6P2/c1-3-16(10)12-5-9(6-13-16)7-14-17(11,4-2)15-8-9/h3-8H2,1-2H3. The smallest absolute Gasteiger partial charge is 0.308 e. The summed E-state index contributed by atoms with van der Waals surface area (Å²) in [4.78, 5) is 0. The van der Waals surface area contributed by atoms with Crippen LogP contribution in [-0.2, 0) is 27.2 Å². The lowest BCUT2D eigenvalue weighted by molar-refractivity contribution is -0.0681. The van der Waals surface area contributed by atoms with Crippen LogP contribution in [-0.4, -0.2) is 38.8 Å². The van der Waals surface area contributed by atoms with Gasteiger partial charge in [0.05, 0.1) is 31.8 Å². The number of rotatable bonds is 2. The van der Waals surface area contributed by atoms with E-state index in [0.717, 1.165) is 0 Å². The zero-order chi connectivity index (χ0) is 12.6. The summed E-state index contributed by atoms with van der Waals surface area (Å²) in [5, 5.41) is 0. The fourth-order valence-electron chi connectivity index (χ4n) is 1.63. The van der Waals surface area contributed by atoms with Crippen molar-refractivity contribution in [2.75, 3.05) is 38.8 Å². The van der Waals surface area contributed by atoms with Crippen molar-refractivity contribution in [3.05, 3.63) is 0 Å². The molecule has 0 saturated carbocycles. The van der Waals surface area contributed by atoms with E-state index in [-0.39, 0.29) is 26.4 Å². The Balaban J connectivity index is 1.97. The van der Waals surface area contributed by atoms with Gasteiger partial charge in [-0.2, -0.15) is 0 Å². The van der Waals surface area contributed by atoms with Gasteiger partial charge in [-0.05, 0) is 0 Å². The van der Waals surface area contributed by atoms with Crippen LogP contribution >= 0.6 is 15.2 Å². The zero-order valence-electron chi connectivity index (χ0n) is 10.1. The van der Waals surface area contributed by atoms with Crippen molar-refractivity contribution >= 4 is 15.2 Å². The molecular weight excluding hydrogens is 266 g/mol. The minimum absolute atomic E-state index is 0.266. The molecule has 100 valence electrons.